The van der Waals surface area contributed by atoms with Crippen LogP contribution in [0.25, 0.3) is 0 Å². The van der Waals surface area contributed by atoms with Crippen LogP contribution < -0.4 is 16.4 Å². The van der Waals surface area contributed by atoms with Crippen molar-refractivity contribution in [1.82, 2.24) is 15.5 Å². The predicted molar refractivity (Wildman–Crippen MR) is 77.3 cm³/mol. The lowest BCUT2D eigenvalue weighted by Crippen LogP contribution is -2.50. The molecule has 3 amide bonds. The van der Waals surface area contributed by atoms with Gasteiger partial charge in [-0.1, -0.05) is 0 Å². The van der Waals surface area contributed by atoms with Crippen molar-refractivity contribution in [2.24, 2.45) is 11.7 Å². The third-order valence-electron chi connectivity index (χ3n) is 2.81. The second-order valence-electron chi connectivity index (χ2n) is 5.88. The zero-order valence-corrected chi connectivity index (χ0v) is 12.7. The molecule has 0 aliphatic carbocycles. The summed E-state index contributed by atoms with van der Waals surface area (Å²) in [4.78, 5) is 25.2. The maximum absolute atomic E-state index is 11.6. The number of carbonyl (C=O) groups is 2. The van der Waals surface area contributed by atoms with Crippen molar-refractivity contribution in [3.8, 4) is 0 Å². The molecule has 1 aliphatic rings. The maximum atomic E-state index is 11.6. The largest absolute Gasteiger partial charge is 0.333 e. The molecule has 4 N–H and O–H groups in total. The number of nitrogens with two attached hydrogens (primary N) is 1. The Bertz CT molecular complexity index is 317. The number of halogens is 1. The molecule has 1 heterocycles. The van der Waals surface area contributed by atoms with E-state index in [0.29, 0.717) is 12.5 Å². The van der Waals surface area contributed by atoms with Gasteiger partial charge in [-0.2, -0.15) is 0 Å². The van der Waals surface area contributed by atoms with E-state index in [1.54, 1.807) is 0 Å². The number of hydrogen-bond acceptors (Lipinski definition) is 4. The van der Waals surface area contributed by atoms with E-state index in [0.717, 1.165) is 19.5 Å². The summed E-state index contributed by atoms with van der Waals surface area (Å²) in [6.07, 6.45) is 1.03. The van der Waals surface area contributed by atoms with Crippen LogP contribution in [0.5, 0.6) is 0 Å². The summed E-state index contributed by atoms with van der Waals surface area (Å²) in [6, 6.07) is -0.443. The van der Waals surface area contributed by atoms with Gasteiger partial charge >= 0.3 is 6.03 Å². The molecule has 19 heavy (non-hydrogen) atoms. The highest BCUT2D eigenvalue weighted by Gasteiger charge is 2.23. The Kier molecular flexibility index (Phi) is 7.33. The quantitative estimate of drug-likeness (QED) is 0.699. The smallest absolute Gasteiger partial charge is 0.321 e. The first-order chi connectivity index (χ1) is 8.30. The average molecular weight is 293 g/mol. The van der Waals surface area contributed by atoms with E-state index in [4.69, 9.17) is 5.73 Å². The Morgan fingerprint density at radius 1 is 1.37 bits per heavy atom. The van der Waals surface area contributed by atoms with Crippen molar-refractivity contribution < 1.29 is 9.59 Å². The SMILES string of the molecule is CC(C)(C)NC(=O)NC(=O)CN1CCC(CN)C1.Cl. The summed E-state index contributed by atoms with van der Waals surface area (Å²) in [5.74, 6) is 0.204. The van der Waals surface area contributed by atoms with Crippen LogP contribution in [0.3, 0.4) is 0 Å². The van der Waals surface area contributed by atoms with Crippen molar-refractivity contribution >= 4 is 24.3 Å². The second-order valence-corrected chi connectivity index (χ2v) is 5.88. The number of amides is 3. The van der Waals surface area contributed by atoms with E-state index in [-0.39, 0.29) is 30.4 Å². The predicted octanol–water partition coefficient (Wildman–Crippen LogP) is 0.313. The Morgan fingerprint density at radius 2 is 2.00 bits per heavy atom. The molecule has 1 saturated heterocycles. The molecule has 112 valence electrons. The van der Waals surface area contributed by atoms with Gasteiger partial charge in [0.05, 0.1) is 6.54 Å². The van der Waals surface area contributed by atoms with Gasteiger partial charge in [0, 0.05) is 12.1 Å². The van der Waals surface area contributed by atoms with Crippen LogP contribution >= 0.6 is 12.4 Å². The lowest BCUT2D eigenvalue weighted by atomic mass is 10.1. The van der Waals surface area contributed by atoms with Crippen molar-refractivity contribution in [3.05, 3.63) is 0 Å². The van der Waals surface area contributed by atoms with E-state index >= 15 is 0 Å². The van der Waals surface area contributed by atoms with E-state index in [1.807, 2.05) is 25.7 Å². The molecule has 0 radical (unpaired) electrons. The van der Waals surface area contributed by atoms with Crippen molar-refractivity contribution in [3.63, 3.8) is 0 Å². The first kappa shape index (κ1) is 18.1. The van der Waals surface area contributed by atoms with Gasteiger partial charge < -0.3 is 11.1 Å². The maximum Gasteiger partial charge on any atom is 0.321 e. The number of nitrogens with one attached hydrogen (secondary N) is 2. The first-order valence-electron chi connectivity index (χ1n) is 6.34. The highest BCUT2D eigenvalue weighted by atomic mass is 35.5. The first-order valence-corrected chi connectivity index (χ1v) is 6.34. The van der Waals surface area contributed by atoms with Crippen LogP contribution in [0.2, 0.25) is 0 Å². The van der Waals surface area contributed by atoms with Crippen LogP contribution in [-0.4, -0.2) is 48.6 Å². The molecule has 6 nitrogen and oxygen atoms in total. The van der Waals surface area contributed by atoms with Crippen LogP contribution in [0.1, 0.15) is 27.2 Å². The third-order valence-corrected chi connectivity index (χ3v) is 2.81. The number of rotatable bonds is 3. The van der Waals surface area contributed by atoms with Crippen molar-refractivity contribution in [2.75, 3.05) is 26.2 Å². The molecular weight excluding hydrogens is 268 g/mol. The summed E-state index contributed by atoms with van der Waals surface area (Å²) in [6.45, 7) is 8.22. The monoisotopic (exact) mass is 292 g/mol. The van der Waals surface area contributed by atoms with Crippen LogP contribution in [-0.2, 0) is 4.79 Å². The average Bonchev–Trinajstić information content (AvgIpc) is 2.61. The summed E-state index contributed by atoms with van der Waals surface area (Å²) in [5, 5.41) is 5.02. The van der Waals surface area contributed by atoms with Crippen molar-refractivity contribution in [1.29, 1.82) is 0 Å². The number of imide groups is 1. The molecule has 0 aromatic rings. The number of nitrogens with zero attached hydrogens (tertiary/aromatic N) is 1. The lowest BCUT2D eigenvalue weighted by molar-refractivity contribution is -0.120. The van der Waals surface area contributed by atoms with E-state index in [9.17, 15) is 9.59 Å². The summed E-state index contributed by atoms with van der Waals surface area (Å²) < 4.78 is 0. The van der Waals surface area contributed by atoms with E-state index < -0.39 is 6.03 Å². The third kappa shape index (κ3) is 7.34. The number of hydrogen-bond donors (Lipinski definition) is 3. The molecule has 0 aromatic heterocycles. The van der Waals surface area contributed by atoms with E-state index in [1.165, 1.54) is 0 Å². The minimum absolute atomic E-state index is 0. The summed E-state index contributed by atoms with van der Waals surface area (Å²) >= 11 is 0. The van der Waals surface area contributed by atoms with Crippen LogP contribution in [0.4, 0.5) is 4.79 Å². The summed E-state index contributed by atoms with van der Waals surface area (Å²) in [5.41, 5.74) is 5.24. The van der Waals surface area contributed by atoms with Crippen LogP contribution in [0, 0.1) is 5.92 Å². The van der Waals surface area contributed by atoms with Gasteiger partial charge in [-0.05, 0) is 46.2 Å². The van der Waals surface area contributed by atoms with Gasteiger partial charge in [0.1, 0.15) is 0 Å². The lowest BCUT2D eigenvalue weighted by Gasteiger charge is -2.21. The Morgan fingerprint density at radius 3 is 2.47 bits per heavy atom. The number of urea groups is 1. The fraction of sp³-hybridized carbons (Fsp3) is 0.833. The van der Waals surface area contributed by atoms with E-state index in [2.05, 4.69) is 10.6 Å². The van der Waals surface area contributed by atoms with Gasteiger partial charge in [-0.25, -0.2) is 4.79 Å². The summed E-state index contributed by atoms with van der Waals surface area (Å²) in [7, 11) is 0. The van der Waals surface area contributed by atoms with Gasteiger partial charge in [0.25, 0.3) is 0 Å². The van der Waals surface area contributed by atoms with Gasteiger partial charge in [0.2, 0.25) is 5.91 Å². The number of carbonyl (C=O) groups excluding carboxylic acids is 2. The molecular formula is C12H25ClN4O2. The molecule has 0 spiro atoms. The minimum atomic E-state index is -0.443. The highest BCUT2D eigenvalue weighted by molar-refractivity contribution is 5.95. The molecule has 1 aliphatic heterocycles. The molecule has 0 saturated carbocycles. The zero-order valence-electron chi connectivity index (χ0n) is 11.9. The normalized spacial score (nSPS) is 19.7. The molecule has 1 rings (SSSR count). The van der Waals surface area contributed by atoms with Gasteiger partial charge in [-0.3, -0.25) is 15.0 Å². The Balaban J connectivity index is 0.00000324. The molecule has 0 aromatic carbocycles. The fourth-order valence-corrected chi connectivity index (χ4v) is 1.99. The standard InChI is InChI=1S/C12H24N4O2.ClH/c1-12(2,3)15-11(18)14-10(17)8-16-5-4-9(6-13)7-16;/h9H,4-8,13H2,1-3H3,(H2,14,15,17,18);1H. The second kappa shape index (κ2) is 7.67. The molecule has 1 atom stereocenters. The minimum Gasteiger partial charge on any atom is -0.333 e. The molecule has 1 fully saturated rings. The van der Waals surface area contributed by atoms with Crippen molar-refractivity contribution in [2.45, 2.75) is 32.7 Å². The molecule has 0 bridgehead atoms. The van der Waals surface area contributed by atoms with Gasteiger partial charge in [-0.15, -0.1) is 12.4 Å². The highest BCUT2D eigenvalue weighted by Crippen LogP contribution is 2.13. The topological polar surface area (TPSA) is 87.5 Å². The molecule has 1 unspecified atom stereocenters. The fourth-order valence-electron chi connectivity index (χ4n) is 1.99. The molecule has 7 heteroatoms. The van der Waals surface area contributed by atoms with Gasteiger partial charge in [0.15, 0.2) is 0 Å². The Hall–Kier alpha value is -0.850. The zero-order chi connectivity index (χ0) is 13.8. The Labute approximate surface area is 120 Å². The van der Waals surface area contributed by atoms with Crippen LogP contribution in [0.15, 0.2) is 0 Å². The number of likely N-dealkylation sites (tertiary alicyclic amines) is 1.